The Bertz CT molecular complexity index is 746. The summed E-state index contributed by atoms with van der Waals surface area (Å²) in [5, 5.41) is 0. The quantitative estimate of drug-likeness (QED) is 0.841. The molecule has 1 amide bonds. The van der Waals surface area contributed by atoms with Crippen LogP contribution in [0.15, 0.2) is 30.1 Å². The highest BCUT2D eigenvalue weighted by molar-refractivity contribution is 5.94. The molecule has 6 nitrogen and oxygen atoms in total. The van der Waals surface area contributed by atoms with Gasteiger partial charge >= 0.3 is 0 Å². The molecule has 1 aliphatic heterocycles. The average Bonchev–Trinajstić information content (AvgIpc) is 2.81. The first-order valence-corrected chi connectivity index (χ1v) is 7.44. The van der Waals surface area contributed by atoms with E-state index in [-0.39, 0.29) is 5.91 Å². The summed E-state index contributed by atoms with van der Waals surface area (Å²) in [4.78, 5) is 19.1. The van der Waals surface area contributed by atoms with E-state index in [9.17, 15) is 4.79 Å². The van der Waals surface area contributed by atoms with E-state index in [1.807, 2.05) is 36.6 Å². The molecule has 3 rings (SSSR count). The smallest absolute Gasteiger partial charge is 0.288 e. The van der Waals surface area contributed by atoms with Crippen LogP contribution >= 0.6 is 0 Å². The molecule has 3 heterocycles. The standard InChI is InChI=1S/C16H21N5O/c1-11-4-5-14-17-12(2)15(21(14)10-11)16(22)19-18-13-6-8-20(3)9-7-13/h4-6,10,18H,7-9H2,1-3H3,(H,19,22). The molecule has 2 N–H and O–H groups in total. The molecule has 0 aliphatic carbocycles. The summed E-state index contributed by atoms with van der Waals surface area (Å²) in [5.41, 5.74) is 10.0. The van der Waals surface area contributed by atoms with E-state index in [1.54, 1.807) is 0 Å². The number of pyridine rings is 1. The second-order valence-corrected chi connectivity index (χ2v) is 5.80. The zero-order valence-electron chi connectivity index (χ0n) is 13.2. The van der Waals surface area contributed by atoms with E-state index < -0.39 is 0 Å². The number of amides is 1. The summed E-state index contributed by atoms with van der Waals surface area (Å²) < 4.78 is 1.84. The lowest BCUT2D eigenvalue weighted by Crippen LogP contribution is -2.40. The second kappa shape index (κ2) is 5.81. The van der Waals surface area contributed by atoms with Gasteiger partial charge in [-0.3, -0.25) is 14.6 Å². The van der Waals surface area contributed by atoms with Crippen LogP contribution < -0.4 is 10.9 Å². The maximum atomic E-state index is 12.5. The van der Waals surface area contributed by atoms with Gasteiger partial charge in [0.05, 0.1) is 5.69 Å². The van der Waals surface area contributed by atoms with Crippen LogP contribution in [-0.4, -0.2) is 40.3 Å². The number of carbonyl (C=O) groups is 1. The molecule has 0 saturated heterocycles. The minimum absolute atomic E-state index is 0.171. The van der Waals surface area contributed by atoms with Crippen LogP contribution in [0.25, 0.3) is 5.65 Å². The average molecular weight is 299 g/mol. The van der Waals surface area contributed by atoms with Gasteiger partial charge in [-0.2, -0.15) is 0 Å². The fourth-order valence-electron chi connectivity index (χ4n) is 2.62. The Hall–Kier alpha value is -2.34. The Labute approximate surface area is 129 Å². The number of imidazole rings is 1. The lowest BCUT2D eigenvalue weighted by Gasteiger charge is -2.22. The summed E-state index contributed by atoms with van der Waals surface area (Å²) in [6.45, 7) is 5.73. The molecule has 0 spiro atoms. The number of hydrazine groups is 1. The molecule has 116 valence electrons. The van der Waals surface area contributed by atoms with Crippen LogP contribution in [0.4, 0.5) is 0 Å². The number of carbonyl (C=O) groups excluding carboxylic acids is 1. The van der Waals surface area contributed by atoms with Crippen LogP contribution in [-0.2, 0) is 0 Å². The van der Waals surface area contributed by atoms with Crippen LogP contribution in [0.3, 0.4) is 0 Å². The van der Waals surface area contributed by atoms with Gasteiger partial charge in [0.25, 0.3) is 5.91 Å². The molecule has 6 heteroatoms. The van der Waals surface area contributed by atoms with Crippen LogP contribution in [0.5, 0.6) is 0 Å². The van der Waals surface area contributed by atoms with E-state index in [0.717, 1.165) is 42.1 Å². The molecular formula is C16H21N5O. The highest BCUT2D eigenvalue weighted by atomic mass is 16.2. The van der Waals surface area contributed by atoms with Gasteiger partial charge in [0.15, 0.2) is 0 Å². The van der Waals surface area contributed by atoms with Crippen molar-refractivity contribution < 1.29 is 4.79 Å². The molecule has 0 saturated carbocycles. The fraction of sp³-hybridized carbons (Fsp3) is 0.375. The van der Waals surface area contributed by atoms with Crippen LogP contribution in [0.1, 0.15) is 28.2 Å². The fourth-order valence-corrected chi connectivity index (χ4v) is 2.62. The van der Waals surface area contributed by atoms with Crippen molar-refractivity contribution >= 4 is 11.6 Å². The number of nitrogens with zero attached hydrogens (tertiary/aromatic N) is 3. The molecule has 1 aliphatic rings. The van der Waals surface area contributed by atoms with Crippen LogP contribution in [0.2, 0.25) is 0 Å². The number of aryl methyl sites for hydroxylation is 2. The Morgan fingerprint density at radius 2 is 2.14 bits per heavy atom. The Morgan fingerprint density at radius 1 is 1.32 bits per heavy atom. The van der Waals surface area contributed by atoms with Crippen molar-refractivity contribution in [1.82, 2.24) is 25.1 Å². The molecule has 0 aromatic carbocycles. The molecule has 2 aromatic rings. The van der Waals surface area contributed by atoms with E-state index in [0.29, 0.717) is 5.69 Å². The lowest BCUT2D eigenvalue weighted by atomic mass is 10.2. The number of aromatic nitrogens is 2. The molecular weight excluding hydrogens is 278 g/mol. The summed E-state index contributed by atoms with van der Waals surface area (Å²) in [7, 11) is 2.08. The minimum Gasteiger partial charge on any atom is -0.303 e. The van der Waals surface area contributed by atoms with E-state index in [4.69, 9.17) is 0 Å². The summed E-state index contributed by atoms with van der Waals surface area (Å²) in [6.07, 6.45) is 4.93. The lowest BCUT2D eigenvalue weighted by molar-refractivity contribution is 0.0931. The zero-order chi connectivity index (χ0) is 15.7. The number of hydrogen-bond donors (Lipinski definition) is 2. The zero-order valence-corrected chi connectivity index (χ0v) is 13.2. The molecule has 0 atom stereocenters. The molecule has 22 heavy (non-hydrogen) atoms. The largest absolute Gasteiger partial charge is 0.303 e. The molecule has 2 aromatic heterocycles. The Morgan fingerprint density at radius 3 is 2.86 bits per heavy atom. The summed E-state index contributed by atoms with van der Waals surface area (Å²) in [6, 6.07) is 3.91. The number of nitrogens with one attached hydrogen (secondary N) is 2. The topological polar surface area (TPSA) is 61.7 Å². The predicted molar refractivity (Wildman–Crippen MR) is 85.5 cm³/mol. The van der Waals surface area contributed by atoms with Crippen molar-refractivity contribution in [3.05, 3.63) is 47.1 Å². The second-order valence-electron chi connectivity index (χ2n) is 5.80. The van der Waals surface area contributed by atoms with Crippen molar-refractivity contribution in [2.75, 3.05) is 20.1 Å². The SMILES string of the molecule is Cc1ccc2nc(C)c(C(=O)NNC3=CCN(C)CC3)n2c1. The van der Waals surface area contributed by atoms with Crippen molar-refractivity contribution in [1.29, 1.82) is 0 Å². The number of rotatable bonds is 3. The van der Waals surface area contributed by atoms with E-state index >= 15 is 0 Å². The first-order chi connectivity index (χ1) is 10.5. The maximum absolute atomic E-state index is 12.5. The number of likely N-dealkylation sites (N-methyl/N-ethyl adjacent to an activating group) is 1. The summed E-state index contributed by atoms with van der Waals surface area (Å²) in [5.74, 6) is -0.171. The highest BCUT2D eigenvalue weighted by Crippen LogP contribution is 2.13. The third-order valence-corrected chi connectivity index (χ3v) is 3.90. The van der Waals surface area contributed by atoms with Gasteiger partial charge in [0.1, 0.15) is 11.3 Å². The van der Waals surface area contributed by atoms with Gasteiger partial charge in [-0.15, -0.1) is 0 Å². The predicted octanol–water partition coefficient (Wildman–Crippen LogP) is 1.40. The minimum atomic E-state index is -0.171. The molecule has 0 radical (unpaired) electrons. The van der Waals surface area contributed by atoms with Gasteiger partial charge in [-0.05, 0) is 38.6 Å². The van der Waals surface area contributed by atoms with Crippen molar-refractivity contribution in [3.63, 3.8) is 0 Å². The summed E-state index contributed by atoms with van der Waals surface area (Å²) >= 11 is 0. The van der Waals surface area contributed by atoms with Crippen molar-refractivity contribution in [2.24, 2.45) is 0 Å². The normalized spacial score (nSPS) is 15.7. The van der Waals surface area contributed by atoms with Gasteiger partial charge in [-0.25, -0.2) is 4.98 Å². The number of hydrogen-bond acceptors (Lipinski definition) is 4. The van der Waals surface area contributed by atoms with Gasteiger partial charge in [0.2, 0.25) is 0 Å². The Kier molecular flexibility index (Phi) is 3.85. The third kappa shape index (κ3) is 2.82. The van der Waals surface area contributed by atoms with E-state index in [2.05, 4.69) is 33.9 Å². The maximum Gasteiger partial charge on any atom is 0.288 e. The first-order valence-electron chi connectivity index (χ1n) is 7.44. The van der Waals surface area contributed by atoms with Gasteiger partial charge < -0.3 is 10.3 Å². The van der Waals surface area contributed by atoms with Crippen molar-refractivity contribution in [3.8, 4) is 0 Å². The van der Waals surface area contributed by atoms with Gasteiger partial charge in [-0.1, -0.05) is 6.07 Å². The van der Waals surface area contributed by atoms with Gasteiger partial charge in [0, 0.05) is 31.4 Å². The van der Waals surface area contributed by atoms with Crippen molar-refractivity contribution in [2.45, 2.75) is 20.3 Å². The molecule has 0 fully saturated rings. The monoisotopic (exact) mass is 299 g/mol. The Balaban J connectivity index is 1.78. The highest BCUT2D eigenvalue weighted by Gasteiger charge is 2.17. The number of fused-ring (bicyclic) bond motifs is 1. The third-order valence-electron chi connectivity index (χ3n) is 3.90. The van der Waals surface area contributed by atoms with Crippen LogP contribution in [0, 0.1) is 13.8 Å². The first kappa shape index (κ1) is 14.6. The molecule has 0 unspecified atom stereocenters. The van der Waals surface area contributed by atoms with E-state index in [1.165, 1.54) is 0 Å². The molecule has 0 bridgehead atoms.